The van der Waals surface area contributed by atoms with Crippen LogP contribution >= 0.6 is 0 Å². The third-order valence-electron chi connectivity index (χ3n) is 5.40. The third-order valence-corrected chi connectivity index (χ3v) is 5.40. The Balaban J connectivity index is 1.51. The number of aromatic nitrogens is 2. The van der Waals surface area contributed by atoms with E-state index in [0.717, 1.165) is 5.39 Å². The molecule has 0 saturated carbocycles. The molecule has 0 aliphatic rings. The highest BCUT2D eigenvalue weighted by molar-refractivity contribution is 5.95. The van der Waals surface area contributed by atoms with E-state index in [1.807, 2.05) is 68.4 Å². The minimum atomic E-state index is -0.594. The summed E-state index contributed by atoms with van der Waals surface area (Å²) in [7, 11) is 0. The monoisotopic (exact) mass is 469 g/mol. The summed E-state index contributed by atoms with van der Waals surface area (Å²) >= 11 is 0. The highest BCUT2D eigenvalue weighted by atomic mass is 16.5. The fraction of sp³-hybridized carbons (Fsp3) is 0.185. The summed E-state index contributed by atoms with van der Waals surface area (Å²) in [5, 5.41) is 6.78. The van der Waals surface area contributed by atoms with Crippen molar-refractivity contribution < 1.29 is 14.3 Å². The summed E-state index contributed by atoms with van der Waals surface area (Å²) in [6.45, 7) is 3.91. The second-order valence-corrected chi connectivity index (χ2v) is 8.40. The van der Waals surface area contributed by atoms with Gasteiger partial charge in [0, 0.05) is 10.9 Å². The Labute approximate surface area is 203 Å². The molecule has 8 heteroatoms. The molecule has 8 nitrogen and oxygen atoms in total. The molecule has 3 aromatic carbocycles. The molecule has 0 bridgehead atoms. The molecule has 2 amide bonds. The van der Waals surface area contributed by atoms with E-state index < -0.39 is 11.9 Å². The topological polar surface area (TPSA) is 119 Å². The van der Waals surface area contributed by atoms with Gasteiger partial charge in [0.05, 0.1) is 12.1 Å². The summed E-state index contributed by atoms with van der Waals surface area (Å²) in [5.74, 6) is 1.37. The number of carbonyl (C=O) groups is 2. The number of benzene rings is 3. The number of nitrogens with one attached hydrogen (secondary N) is 2. The molecule has 4 rings (SSSR count). The van der Waals surface area contributed by atoms with Gasteiger partial charge in [0.25, 0.3) is 5.91 Å². The standard InChI is InChI=1S/C27H27N5O3/c1-17(2)24(25(28)33)32-26-21-13-6-7-14-22(21)30-23(31-26)16-29-27(34)18-9-8-12-20(15-18)35-19-10-4-3-5-11-19/h3-15,17,24H,16H2,1-2H3,(H2,28,33)(H,29,34)(H,30,31,32)/t24-/m0/s1. The normalized spacial score (nSPS) is 11.7. The molecule has 4 N–H and O–H groups in total. The first-order chi connectivity index (χ1) is 16.9. The molecule has 0 aliphatic carbocycles. The predicted molar refractivity (Wildman–Crippen MR) is 135 cm³/mol. The maximum absolute atomic E-state index is 12.8. The number of rotatable bonds is 9. The van der Waals surface area contributed by atoms with E-state index in [1.54, 1.807) is 24.3 Å². The van der Waals surface area contributed by atoms with E-state index in [9.17, 15) is 9.59 Å². The van der Waals surface area contributed by atoms with Crippen molar-refractivity contribution in [1.82, 2.24) is 15.3 Å². The maximum atomic E-state index is 12.8. The number of fused-ring (bicyclic) bond motifs is 1. The average Bonchev–Trinajstić information content (AvgIpc) is 2.86. The van der Waals surface area contributed by atoms with Crippen molar-refractivity contribution in [1.29, 1.82) is 0 Å². The zero-order chi connectivity index (χ0) is 24.8. The van der Waals surface area contributed by atoms with Crippen molar-refractivity contribution in [3.8, 4) is 11.5 Å². The number of nitrogens with two attached hydrogens (primary N) is 1. The molecule has 0 spiro atoms. The lowest BCUT2D eigenvalue weighted by atomic mass is 10.0. The molecule has 35 heavy (non-hydrogen) atoms. The van der Waals surface area contributed by atoms with Crippen LogP contribution in [0, 0.1) is 5.92 Å². The average molecular weight is 470 g/mol. The highest BCUT2D eigenvalue weighted by Gasteiger charge is 2.21. The van der Waals surface area contributed by atoms with Gasteiger partial charge >= 0.3 is 0 Å². The van der Waals surface area contributed by atoms with Gasteiger partial charge < -0.3 is 21.1 Å². The van der Waals surface area contributed by atoms with Gasteiger partial charge in [-0.15, -0.1) is 0 Å². The van der Waals surface area contributed by atoms with Crippen LogP contribution in [-0.2, 0) is 11.3 Å². The molecule has 0 saturated heterocycles. The van der Waals surface area contributed by atoms with Gasteiger partial charge in [-0.3, -0.25) is 9.59 Å². The third kappa shape index (κ3) is 5.92. The van der Waals surface area contributed by atoms with E-state index in [-0.39, 0.29) is 18.4 Å². The molecule has 0 aliphatic heterocycles. The number of hydrogen-bond donors (Lipinski definition) is 3. The van der Waals surface area contributed by atoms with Gasteiger partial charge in [0.2, 0.25) is 5.91 Å². The summed E-state index contributed by atoms with van der Waals surface area (Å²) in [4.78, 5) is 33.9. The second kappa shape index (κ2) is 10.6. The number of primary amides is 1. The lowest BCUT2D eigenvalue weighted by Gasteiger charge is -2.21. The first-order valence-corrected chi connectivity index (χ1v) is 11.3. The fourth-order valence-corrected chi connectivity index (χ4v) is 3.61. The molecular weight excluding hydrogens is 442 g/mol. The van der Waals surface area contributed by atoms with E-state index in [1.165, 1.54) is 0 Å². The highest BCUT2D eigenvalue weighted by Crippen LogP contribution is 2.23. The molecule has 1 heterocycles. The van der Waals surface area contributed by atoms with Crippen LogP contribution in [0.5, 0.6) is 11.5 Å². The quantitative estimate of drug-likeness (QED) is 0.337. The number of amides is 2. The Morgan fingerprint density at radius 1 is 0.914 bits per heavy atom. The minimum absolute atomic E-state index is 0.0326. The number of hydrogen-bond acceptors (Lipinski definition) is 6. The van der Waals surface area contributed by atoms with Crippen LogP contribution in [0.15, 0.2) is 78.9 Å². The second-order valence-electron chi connectivity index (χ2n) is 8.40. The number of anilines is 1. The van der Waals surface area contributed by atoms with Crippen molar-refractivity contribution in [3.05, 3.63) is 90.3 Å². The molecule has 1 aromatic heterocycles. The van der Waals surface area contributed by atoms with Crippen LogP contribution in [0.25, 0.3) is 10.9 Å². The number of nitrogens with zero attached hydrogens (tertiary/aromatic N) is 2. The summed E-state index contributed by atoms with van der Waals surface area (Å²) < 4.78 is 5.82. The molecule has 0 fully saturated rings. The maximum Gasteiger partial charge on any atom is 0.251 e. The van der Waals surface area contributed by atoms with E-state index in [0.29, 0.717) is 34.2 Å². The minimum Gasteiger partial charge on any atom is -0.457 e. The summed E-state index contributed by atoms with van der Waals surface area (Å²) in [5.41, 5.74) is 6.72. The van der Waals surface area contributed by atoms with E-state index >= 15 is 0 Å². The summed E-state index contributed by atoms with van der Waals surface area (Å²) in [6, 6.07) is 23.2. The van der Waals surface area contributed by atoms with E-state index in [2.05, 4.69) is 20.6 Å². The summed E-state index contributed by atoms with van der Waals surface area (Å²) in [6.07, 6.45) is 0. The zero-order valence-corrected chi connectivity index (χ0v) is 19.6. The number of carbonyl (C=O) groups excluding carboxylic acids is 2. The Morgan fingerprint density at radius 3 is 2.37 bits per heavy atom. The Morgan fingerprint density at radius 2 is 1.63 bits per heavy atom. The Hall–Kier alpha value is -4.46. The van der Waals surface area contributed by atoms with Gasteiger partial charge in [-0.25, -0.2) is 9.97 Å². The van der Waals surface area contributed by atoms with Crippen LogP contribution in [0.1, 0.15) is 30.0 Å². The van der Waals surface area contributed by atoms with E-state index in [4.69, 9.17) is 10.5 Å². The van der Waals surface area contributed by atoms with Crippen LogP contribution < -0.4 is 21.1 Å². The molecule has 0 radical (unpaired) electrons. The lowest BCUT2D eigenvalue weighted by Crippen LogP contribution is -2.40. The SMILES string of the molecule is CC(C)[C@H](Nc1nc(CNC(=O)c2cccc(Oc3ccccc3)c2)nc2ccccc12)C(N)=O. The van der Waals surface area contributed by atoms with Crippen LogP contribution in [-0.4, -0.2) is 27.8 Å². The van der Waals surface area contributed by atoms with Gasteiger partial charge in [0.1, 0.15) is 23.4 Å². The van der Waals surface area contributed by atoms with Gasteiger partial charge in [-0.05, 0) is 48.4 Å². The van der Waals surface area contributed by atoms with Crippen LogP contribution in [0.2, 0.25) is 0 Å². The van der Waals surface area contributed by atoms with Gasteiger partial charge in [-0.1, -0.05) is 50.2 Å². The first-order valence-electron chi connectivity index (χ1n) is 11.3. The van der Waals surface area contributed by atoms with Gasteiger partial charge in [0.15, 0.2) is 5.82 Å². The smallest absolute Gasteiger partial charge is 0.251 e. The Bertz CT molecular complexity index is 1340. The number of ether oxygens (including phenoxy) is 1. The van der Waals surface area contributed by atoms with Crippen LogP contribution in [0.3, 0.4) is 0 Å². The molecular formula is C27H27N5O3. The Kier molecular flexibility index (Phi) is 7.21. The van der Waals surface area contributed by atoms with Crippen molar-refractivity contribution in [2.45, 2.75) is 26.4 Å². The first kappa shape index (κ1) is 23.7. The van der Waals surface area contributed by atoms with Crippen molar-refractivity contribution in [2.75, 3.05) is 5.32 Å². The van der Waals surface area contributed by atoms with Gasteiger partial charge in [-0.2, -0.15) is 0 Å². The molecule has 178 valence electrons. The number of para-hydroxylation sites is 2. The zero-order valence-electron chi connectivity index (χ0n) is 19.6. The van der Waals surface area contributed by atoms with Crippen molar-refractivity contribution >= 4 is 28.5 Å². The van der Waals surface area contributed by atoms with Crippen molar-refractivity contribution in [3.63, 3.8) is 0 Å². The molecule has 4 aromatic rings. The van der Waals surface area contributed by atoms with Crippen molar-refractivity contribution in [2.24, 2.45) is 11.7 Å². The van der Waals surface area contributed by atoms with Crippen LogP contribution in [0.4, 0.5) is 5.82 Å². The fourth-order valence-electron chi connectivity index (χ4n) is 3.61. The largest absolute Gasteiger partial charge is 0.457 e. The lowest BCUT2D eigenvalue weighted by molar-refractivity contribution is -0.119. The molecule has 1 atom stereocenters. The molecule has 0 unspecified atom stereocenters. The predicted octanol–water partition coefficient (Wildman–Crippen LogP) is 4.27.